The fourth-order valence-electron chi connectivity index (χ4n) is 3.48. The maximum atomic E-state index is 12.2. The van der Waals surface area contributed by atoms with Gasteiger partial charge in [0.05, 0.1) is 11.6 Å². The molecule has 4 rings (SSSR count). The maximum Gasteiger partial charge on any atom is 0.185 e. The van der Waals surface area contributed by atoms with Crippen LogP contribution in [0.2, 0.25) is 5.02 Å². The molecule has 0 spiro atoms. The molecule has 1 N–H and O–H groups in total. The van der Waals surface area contributed by atoms with Crippen molar-refractivity contribution >= 4 is 22.6 Å². The largest absolute Gasteiger partial charge is 0.488 e. The summed E-state index contributed by atoms with van der Waals surface area (Å²) in [5.74, 6) is 0.936. The first kappa shape index (κ1) is 19.2. The molecule has 0 saturated heterocycles. The number of halogens is 1. The highest BCUT2D eigenvalue weighted by Crippen LogP contribution is 2.44. The Labute approximate surface area is 173 Å². The Morgan fingerprint density at radius 1 is 1.17 bits per heavy atom. The second-order valence-corrected chi connectivity index (χ2v) is 7.19. The van der Waals surface area contributed by atoms with Crippen molar-refractivity contribution in [3.05, 3.63) is 87.6 Å². The van der Waals surface area contributed by atoms with E-state index in [9.17, 15) is 9.90 Å². The highest BCUT2D eigenvalue weighted by atomic mass is 35.5. The molecule has 0 unspecified atom stereocenters. The molecule has 0 saturated carbocycles. The summed E-state index contributed by atoms with van der Waals surface area (Å²) < 4.78 is 11.7. The third-order valence-corrected chi connectivity index (χ3v) is 5.18. The molecule has 2 aliphatic rings. The molecule has 4 nitrogen and oxygen atoms in total. The topological polar surface area (TPSA) is 59.7 Å². The van der Waals surface area contributed by atoms with E-state index in [1.54, 1.807) is 25.1 Å². The average molecular weight is 407 g/mol. The van der Waals surface area contributed by atoms with Crippen molar-refractivity contribution in [2.45, 2.75) is 13.5 Å². The Bertz CT molecular complexity index is 1260. The molecule has 2 aromatic rings. The van der Waals surface area contributed by atoms with E-state index >= 15 is 0 Å². The predicted molar refractivity (Wildman–Crippen MR) is 116 cm³/mol. The molecular formula is C24H19ClO4. The molecule has 1 heterocycles. The highest BCUT2D eigenvalue weighted by molar-refractivity contribution is 6.33. The quantitative estimate of drug-likeness (QED) is 0.347. The van der Waals surface area contributed by atoms with Crippen LogP contribution in [0.15, 0.2) is 70.4 Å². The van der Waals surface area contributed by atoms with E-state index in [1.807, 2.05) is 30.3 Å². The molecule has 0 bridgehead atoms. The summed E-state index contributed by atoms with van der Waals surface area (Å²) in [6, 6.07) is 14.4. The smallest absolute Gasteiger partial charge is 0.185 e. The first-order chi connectivity index (χ1) is 14.0. The number of benzene rings is 3. The summed E-state index contributed by atoms with van der Waals surface area (Å²) in [4.78, 5) is 12.2. The monoisotopic (exact) mass is 406 g/mol. The number of ether oxygens (including phenoxy) is 1. The molecule has 0 amide bonds. The molecule has 1 aliphatic heterocycles. The van der Waals surface area contributed by atoms with Crippen LogP contribution in [0.1, 0.15) is 11.1 Å². The molecule has 0 radical (unpaired) electrons. The lowest BCUT2D eigenvalue weighted by molar-refractivity contribution is 0.282. The van der Waals surface area contributed by atoms with Gasteiger partial charge in [-0.15, -0.1) is 0 Å². The van der Waals surface area contributed by atoms with Crippen LogP contribution in [0.25, 0.3) is 33.4 Å². The van der Waals surface area contributed by atoms with E-state index in [1.165, 1.54) is 6.07 Å². The standard InChI is InChI=1S/C24H19ClO4/c1-3-8-28-23-12-22-18(10-19(23)25)24(16-7-5-4-6-15(16)13-26)17-9-14(2)20(27)11-21(17)29-22/h3-7,9-12,26H,1,8,13H2,2H3. The number of fused-ring (bicyclic) bond motifs is 2. The van der Waals surface area contributed by atoms with E-state index in [0.29, 0.717) is 34.3 Å². The van der Waals surface area contributed by atoms with Gasteiger partial charge >= 0.3 is 0 Å². The van der Waals surface area contributed by atoms with Gasteiger partial charge in [0.15, 0.2) is 5.43 Å². The molecule has 2 aromatic carbocycles. The summed E-state index contributed by atoms with van der Waals surface area (Å²) in [6.45, 7) is 5.62. The lowest BCUT2D eigenvalue weighted by atomic mass is 9.90. The highest BCUT2D eigenvalue weighted by Gasteiger charge is 2.21. The van der Waals surface area contributed by atoms with E-state index in [-0.39, 0.29) is 12.0 Å². The van der Waals surface area contributed by atoms with Gasteiger partial charge in [0.2, 0.25) is 0 Å². The number of aryl methyl sites for hydroxylation is 1. The third kappa shape index (κ3) is 3.41. The van der Waals surface area contributed by atoms with Gasteiger partial charge in [-0.1, -0.05) is 48.5 Å². The predicted octanol–water partition coefficient (Wildman–Crippen LogP) is 5.58. The van der Waals surface area contributed by atoms with Crippen molar-refractivity contribution < 1.29 is 14.3 Å². The molecule has 5 heteroatoms. The number of hydrogen-bond donors (Lipinski definition) is 1. The lowest BCUT2D eigenvalue weighted by Gasteiger charge is -2.18. The summed E-state index contributed by atoms with van der Waals surface area (Å²) in [5.41, 5.74) is 4.32. The van der Waals surface area contributed by atoms with Gasteiger partial charge < -0.3 is 14.3 Å². The molecule has 146 valence electrons. The van der Waals surface area contributed by atoms with Crippen molar-refractivity contribution in [1.29, 1.82) is 0 Å². The number of aliphatic hydroxyl groups is 1. The van der Waals surface area contributed by atoms with Gasteiger partial charge in [0.1, 0.15) is 23.7 Å². The van der Waals surface area contributed by atoms with Crippen LogP contribution in [-0.4, -0.2) is 11.7 Å². The SMILES string of the molecule is C=CCOc1cc2oc3cc(=O)c(C)cc-3c(-c3ccccc3CO)c2cc1Cl. The molecular weight excluding hydrogens is 388 g/mol. The average Bonchev–Trinajstić information content (AvgIpc) is 2.72. The fraction of sp³-hybridized carbons (Fsp3) is 0.125. The first-order valence-corrected chi connectivity index (χ1v) is 9.55. The van der Waals surface area contributed by atoms with Crippen LogP contribution >= 0.6 is 11.6 Å². The molecule has 0 atom stereocenters. The molecule has 0 fully saturated rings. The summed E-state index contributed by atoms with van der Waals surface area (Å²) >= 11 is 6.48. The van der Waals surface area contributed by atoms with Gasteiger partial charge in [0, 0.05) is 28.6 Å². The normalized spacial score (nSPS) is 11.1. The van der Waals surface area contributed by atoms with Crippen LogP contribution in [0.5, 0.6) is 5.75 Å². The Kier molecular flexibility index (Phi) is 5.14. The van der Waals surface area contributed by atoms with Gasteiger partial charge in [-0.05, 0) is 35.7 Å². The zero-order valence-corrected chi connectivity index (χ0v) is 16.6. The van der Waals surface area contributed by atoms with E-state index in [2.05, 4.69) is 6.58 Å². The second kappa shape index (κ2) is 7.74. The number of rotatable bonds is 5. The van der Waals surface area contributed by atoms with Crippen molar-refractivity contribution in [3.63, 3.8) is 0 Å². The van der Waals surface area contributed by atoms with E-state index in [0.717, 1.165) is 27.6 Å². The van der Waals surface area contributed by atoms with Crippen LogP contribution in [-0.2, 0) is 6.61 Å². The minimum Gasteiger partial charge on any atom is -0.488 e. The number of hydrogen-bond acceptors (Lipinski definition) is 4. The summed E-state index contributed by atoms with van der Waals surface area (Å²) in [6.07, 6.45) is 1.63. The van der Waals surface area contributed by atoms with Crippen LogP contribution < -0.4 is 10.2 Å². The van der Waals surface area contributed by atoms with Crippen LogP contribution in [0.3, 0.4) is 0 Å². The van der Waals surface area contributed by atoms with Crippen molar-refractivity contribution in [2.75, 3.05) is 6.61 Å². The fourth-order valence-corrected chi connectivity index (χ4v) is 3.70. The molecule has 0 aromatic heterocycles. The Hall–Kier alpha value is -3.08. The van der Waals surface area contributed by atoms with E-state index < -0.39 is 0 Å². The van der Waals surface area contributed by atoms with Crippen LogP contribution in [0, 0.1) is 6.92 Å². The Morgan fingerprint density at radius 3 is 2.72 bits per heavy atom. The number of aliphatic hydroxyl groups excluding tert-OH is 1. The van der Waals surface area contributed by atoms with Crippen molar-refractivity contribution in [3.8, 4) is 28.2 Å². The minimum atomic E-state index is -0.113. The summed E-state index contributed by atoms with van der Waals surface area (Å²) in [7, 11) is 0. The first-order valence-electron chi connectivity index (χ1n) is 9.17. The molecule has 29 heavy (non-hydrogen) atoms. The summed E-state index contributed by atoms with van der Waals surface area (Å²) in [5, 5.41) is 11.1. The lowest BCUT2D eigenvalue weighted by Crippen LogP contribution is -2.06. The maximum absolute atomic E-state index is 12.2. The van der Waals surface area contributed by atoms with Crippen molar-refractivity contribution in [1.82, 2.24) is 0 Å². The minimum absolute atomic E-state index is 0.0981. The van der Waals surface area contributed by atoms with Crippen molar-refractivity contribution in [2.24, 2.45) is 0 Å². The van der Waals surface area contributed by atoms with Crippen LogP contribution in [0.4, 0.5) is 0 Å². The second-order valence-electron chi connectivity index (χ2n) is 6.78. The van der Waals surface area contributed by atoms with Gasteiger partial charge in [-0.3, -0.25) is 4.79 Å². The van der Waals surface area contributed by atoms with E-state index in [4.69, 9.17) is 20.8 Å². The Morgan fingerprint density at radius 2 is 1.97 bits per heavy atom. The Balaban J connectivity index is 2.14. The third-order valence-electron chi connectivity index (χ3n) is 4.88. The molecule has 1 aliphatic carbocycles. The van der Waals surface area contributed by atoms with Gasteiger partial charge in [-0.25, -0.2) is 0 Å². The zero-order valence-electron chi connectivity index (χ0n) is 15.9. The zero-order chi connectivity index (χ0) is 20.5. The van der Waals surface area contributed by atoms with Gasteiger partial charge in [-0.2, -0.15) is 0 Å². The van der Waals surface area contributed by atoms with Gasteiger partial charge in [0.25, 0.3) is 0 Å².